The van der Waals surface area contributed by atoms with Crippen LogP contribution in [-0.4, -0.2) is 86.3 Å². The van der Waals surface area contributed by atoms with Crippen molar-refractivity contribution in [1.82, 2.24) is 19.4 Å². The van der Waals surface area contributed by atoms with Crippen molar-refractivity contribution in [3.05, 3.63) is 46.5 Å². The first-order valence-corrected chi connectivity index (χ1v) is 10.3. The highest BCUT2D eigenvalue weighted by atomic mass is 35.5. The average Bonchev–Trinajstić information content (AvgIpc) is 3.00. The van der Waals surface area contributed by atoms with E-state index in [1.54, 1.807) is 11.0 Å². The lowest BCUT2D eigenvalue weighted by atomic mass is 10.1. The third-order valence-corrected chi connectivity index (χ3v) is 5.91. The highest BCUT2D eigenvalue weighted by Gasteiger charge is 2.26. The van der Waals surface area contributed by atoms with Gasteiger partial charge in [0.05, 0.1) is 0 Å². The lowest BCUT2D eigenvalue weighted by molar-refractivity contribution is -0.206. The van der Waals surface area contributed by atoms with E-state index in [0.717, 1.165) is 29.8 Å². The molecule has 0 radical (unpaired) electrons. The Morgan fingerprint density at radius 3 is 2.27 bits per heavy atom. The Hall–Kier alpha value is -2.46. The number of carbonyl (C=O) groups is 1. The molecule has 2 aliphatic rings. The van der Waals surface area contributed by atoms with E-state index in [-0.39, 0.29) is 17.7 Å². The van der Waals surface area contributed by atoms with Gasteiger partial charge in [0.15, 0.2) is 0 Å². The van der Waals surface area contributed by atoms with E-state index in [9.17, 15) is 20.1 Å². The number of aliphatic hydroxyl groups is 1. The van der Waals surface area contributed by atoms with E-state index in [1.165, 1.54) is 12.1 Å². The second-order valence-corrected chi connectivity index (χ2v) is 7.95. The number of amides is 1. The maximum atomic E-state index is 12.3. The summed E-state index contributed by atoms with van der Waals surface area (Å²) in [6.45, 7) is 4.67. The van der Waals surface area contributed by atoms with E-state index < -0.39 is 6.41 Å². The minimum absolute atomic E-state index is 0.0251. The number of aromatic nitrogens is 1. The van der Waals surface area contributed by atoms with E-state index >= 15 is 0 Å². The quantitative estimate of drug-likeness (QED) is 0.579. The molecule has 30 heavy (non-hydrogen) atoms. The van der Waals surface area contributed by atoms with Crippen LogP contribution in [0.15, 0.2) is 30.3 Å². The third-order valence-electron chi connectivity index (χ3n) is 5.55. The molecular formula is C20H25ClN4O5. The number of hydrogen-bond donors (Lipinski definition) is 3. The minimum Gasteiger partial charge on any atom is -0.492 e. The summed E-state index contributed by atoms with van der Waals surface area (Å²) in [5, 5.41) is 30.1. The van der Waals surface area contributed by atoms with Crippen LogP contribution in [0.1, 0.15) is 22.3 Å². The molecular weight excluding hydrogens is 412 g/mol. The fraction of sp³-hybridized carbons (Fsp3) is 0.450. The fourth-order valence-electron chi connectivity index (χ4n) is 3.56. The second kappa shape index (κ2) is 8.73. The lowest BCUT2D eigenvalue weighted by Gasteiger charge is -2.36. The van der Waals surface area contributed by atoms with Crippen molar-refractivity contribution in [2.45, 2.75) is 19.4 Å². The monoisotopic (exact) mass is 436 g/mol. The van der Waals surface area contributed by atoms with Crippen molar-refractivity contribution in [3.63, 3.8) is 0 Å². The molecule has 0 spiro atoms. The van der Waals surface area contributed by atoms with Gasteiger partial charge in [-0.2, -0.15) is 0 Å². The van der Waals surface area contributed by atoms with Crippen molar-refractivity contribution in [2.75, 3.05) is 39.3 Å². The first kappa shape index (κ1) is 20.8. The number of likely N-dealkylation sites (tertiary alicyclic amines) is 1. The largest absolute Gasteiger partial charge is 0.492 e. The molecule has 0 bridgehead atoms. The molecule has 1 unspecified atom stereocenters. The van der Waals surface area contributed by atoms with Crippen molar-refractivity contribution in [3.8, 4) is 11.8 Å². The van der Waals surface area contributed by atoms with Crippen molar-refractivity contribution < 1.29 is 25.0 Å². The number of hydrogen-bond acceptors (Lipinski definition) is 7. The molecule has 4 rings (SSSR count). The zero-order valence-electron chi connectivity index (χ0n) is 16.4. The lowest BCUT2D eigenvalue weighted by Crippen LogP contribution is -2.52. The van der Waals surface area contributed by atoms with E-state index in [1.807, 2.05) is 17.0 Å². The number of aliphatic hydroxyl groups excluding tert-OH is 1. The van der Waals surface area contributed by atoms with Crippen LogP contribution in [0, 0.1) is 0 Å². The number of rotatable bonds is 6. The Bertz CT molecular complexity index is 889. The van der Waals surface area contributed by atoms with Gasteiger partial charge in [0, 0.05) is 68.5 Å². The number of halogens is 1. The molecule has 3 heterocycles. The summed E-state index contributed by atoms with van der Waals surface area (Å²) in [5.41, 5.74) is 1.56. The summed E-state index contributed by atoms with van der Waals surface area (Å²) in [7, 11) is 0. The molecule has 162 valence electrons. The molecule has 2 aromatic rings. The molecule has 2 aliphatic heterocycles. The molecule has 2 saturated heterocycles. The summed E-state index contributed by atoms with van der Waals surface area (Å²) in [6.07, 6.45) is -0.247. The van der Waals surface area contributed by atoms with Gasteiger partial charge in [-0.15, -0.1) is 4.73 Å². The Kier molecular flexibility index (Phi) is 6.05. The van der Waals surface area contributed by atoms with Gasteiger partial charge in [-0.25, -0.2) is 4.90 Å². The molecule has 1 aromatic carbocycles. The van der Waals surface area contributed by atoms with Crippen LogP contribution in [-0.2, 0) is 6.54 Å². The van der Waals surface area contributed by atoms with Crippen LogP contribution >= 0.6 is 11.6 Å². The smallest absolute Gasteiger partial charge is 0.282 e. The summed E-state index contributed by atoms with van der Waals surface area (Å²) in [6, 6.07) is 8.00. The van der Waals surface area contributed by atoms with E-state index in [4.69, 9.17) is 16.4 Å². The molecule has 10 heteroatoms. The molecule has 3 N–H and O–H groups in total. The van der Waals surface area contributed by atoms with Gasteiger partial charge in [-0.05, 0) is 24.1 Å². The highest BCUT2D eigenvalue weighted by molar-refractivity contribution is 6.31. The van der Waals surface area contributed by atoms with Crippen LogP contribution in [0.3, 0.4) is 0 Å². The first-order chi connectivity index (χ1) is 14.4. The number of nitrogens with zero attached hydrogens (tertiary/aromatic N) is 4. The van der Waals surface area contributed by atoms with Gasteiger partial charge in [0.25, 0.3) is 12.3 Å². The Morgan fingerprint density at radius 2 is 1.70 bits per heavy atom. The van der Waals surface area contributed by atoms with Crippen LogP contribution in [0.5, 0.6) is 11.8 Å². The van der Waals surface area contributed by atoms with Gasteiger partial charge in [-0.1, -0.05) is 17.7 Å². The average molecular weight is 437 g/mol. The van der Waals surface area contributed by atoms with Gasteiger partial charge < -0.3 is 25.1 Å². The van der Waals surface area contributed by atoms with Gasteiger partial charge >= 0.3 is 0 Å². The molecule has 0 saturated carbocycles. The van der Waals surface area contributed by atoms with Crippen LogP contribution in [0.25, 0.3) is 0 Å². The maximum absolute atomic E-state index is 12.3. The van der Waals surface area contributed by atoms with Crippen LogP contribution < -0.4 is 4.84 Å². The Morgan fingerprint density at radius 1 is 1.03 bits per heavy atom. The summed E-state index contributed by atoms with van der Waals surface area (Å²) < 4.78 is 0.778. The molecule has 1 aromatic heterocycles. The number of benzene rings is 1. The molecule has 0 aliphatic carbocycles. The third kappa shape index (κ3) is 4.34. The predicted molar refractivity (Wildman–Crippen MR) is 109 cm³/mol. The second-order valence-electron chi connectivity index (χ2n) is 7.54. The molecule has 1 atom stereocenters. The molecule has 9 nitrogen and oxygen atoms in total. The normalized spacial score (nSPS) is 18.8. The topological polar surface area (TPSA) is 102 Å². The number of carbonyl (C=O) groups excluding carboxylic acids is 1. The highest BCUT2D eigenvalue weighted by Crippen LogP contribution is 2.23. The van der Waals surface area contributed by atoms with Gasteiger partial charge in [0.2, 0.25) is 11.8 Å². The Balaban J connectivity index is 1.29. The molecule has 2 fully saturated rings. The minimum atomic E-state index is -1.30. The van der Waals surface area contributed by atoms with Gasteiger partial charge in [0.1, 0.15) is 0 Å². The van der Waals surface area contributed by atoms with E-state index in [0.29, 0.717) is 43.3 Å². The number of piperazine rings is 1. The molecule has 1 amide bonds. The van der Waals surface area contributed by atoms with Crippen LogP contribution in [0.2, 0.25) is 5.02 Å². The standard InChI is InChI=1S/C20H25ClN4O5/c21-16-12-14(19(28)23-6-1-7-23)2-3-15(16)13-22-8-10-24(11-9-22)20(29)30-25-17(26)4-5-18(25)27/h2-5,12,20,26-27,29H,1,6-11,13H2. The van der Waals surface area contributed by atoms with E-state index in [2.05, 4.69) is 4.90 Å². The predicted octanol–water partition coefficient (Wildman–Crippen LogP) is 0.921. The summed E-state index contributed by atoms with van der Waals surface area (Å²) >= 11 is 6.43. The Labute approximate surface area is 179 Å². The zero-order valence-corrected chi connectivity index (χ0v) is 17.2. The summed E-state index contributed by atoms with van der Waals surface area (Å²) in [5.74, 6) is -0.566. The van der Waals surface area contributed by atoms with Gasteiger partial charge in [-0.3, -0.25) is 9.69 Å². The SMILES string of the molecule is O=C(c1ccc(CN2CCN(C(O)On3c(O)ccc3O)CC2)c(Cl)c1)N1CCC1. The van der Waals surface area contributed by atoms with Crippen LogP contribution in [0.4, 0.5) is 0 Å². The van der Waals surface area contributed by atoms with Crippen molar-refractivity contribution >= 4 is 17.5 Å². The fourth-order valence-corrected chi connectivity index (χ4v) is 3.80. The van der Waals surface area contributed by atoms with Crippen molar-refractivity contribution in [2.24, 2.45) is 0 Å². The number of aromatic hydroxyl groups is 2. The maximum Gasteiger partial charge on any atom is 0.282 e. The zero-order chi connectivity index (χ0) is 21.3. The van der Waals surface area contributed by atoms with Crippen molar-refractivity contribution in [1.29, 1.82) is 0 Å². The summed E-state index contributed by atoms with van der Waals surface area (Å²) in [4.78, 5) is 23.2. The first-order valence-electron chi connectivity index (χ1n) is 9.91.